The van der Waals surface area contributed by atoms with E-state index in [9.17, 15) is 14.4 Å². The molecule has 0 radical (unpaired) electrons. The Hall–Kier alpha value is -3.04. The van der Waals surface area contributed by atoms with Crippen LogP contribution in [0.25, 0.3) is 10.6 Å². The number of cyclic esters (lactones) is 1. The quantitative estimate of drug-likeness (QED) is 0.190. The number of nitrogens with two attached hydrogens (primary N) is 1. The zero-order valence-corrected chi connectivity index (χ0v) is 30.2. The molecule has 15 heteroatoms. The molecule has 0 spiro atoms. The second-order valence-electron chi connectivity index (χ2n) is 13.7. The Kier molecular flexibility index (Phi) is 11.8. The molecule has 2 aromatic heterocycles. The average Bonchev–Trinajstić information content (AvgIpc) is 3.76. The van der Waals surface area contributed by atoms with Crippen LogP contribution in [0.1, 0.15) is 73.6 Å². The molecule has 47 heavy (non-hydrogen) atoms. The van der Waals surface area contributed by atoms with Crippen molar-refractivity contribution in [2.24, 2.45) is 11.8 Å². The van der Waals surface area contributed by atoms with Crippen LogP contribution in [-0.2, 0) is 30.3 Å². The van der Waals surface area contributed by atoms with Gasteiger partial charge in [-0.2, -0.15) is 0 Å². The van der Waals surface area contributed by atoms with Crippen LogP contribution in [-0.4, -0.2) is 112 Å². The number of aromatic nitrogens is 4. The van der Waals surface area contributed by atoms with Gasteiger partial charge in [-0.05, 0) is 79.2 Å². The molecule has 2 aliphatic heterocycles. The van der Waals surface area contributed by atoms with Gasteiger partial charge in [0.2, 0.25) is 0 Å². The van der Waals surface area contributed by atoms with Crippen LogP contribution in [0.2, 0.25) is 5.82 Å². The minimum Gasteiger partial charge on any atom is -0.458 e. The second-order valence-corrected chi connectivity index (χ2v) is 14.8. The summed E-state index contributed by atoms with van der Waals surface area (Å²) in [6, 6.07) is -0.534. The van der Waals surface area contributed by atoms with Crippen LogP contribution >= 0.6 is 11.3 Å². The highest BCUT2D eigenvalue weighted by Gasteiger charge is 2.59. The van der Waals surface area contributed by atoms with Gasteiger partial charge in [-0.1, -0.05) is 30.4 Å². The van der Waals surface area contributed by atoms with E-state index >= 15 is 0 Å². The number of unbranched alkanes of at least 4 members (excludes halogenated alkanes) is 1. The topological polar surface area (TPSA) is 155 Å². The minimum absolute atomic E-state index is 0.117. The van der Waals surface area contributed by atoms with E-state index in [0.29, 0.717) is 31.1 Å². The maximum absolute atomic E-state index is 13.6. The molecule has 13 nitrogen and oxygen atoms in total. The molecule has 0 aliphatic carbocycles. The lowest BCUT2D eigenvalue weighted by Crippen LogP contribution is -2.60. The van der Waals surface area contributed by atoms with Gasteiger partial charge in [0.1, 0.15) is 31.3 Å². The molecular formula is C32H52BN7O6S. The average molecular weight is 674 g/mol. The number of methoxy groups -OCH3 is 1. The summed E-state index contributed by atoms with van der Waals surface area (Å²) in [5, 5.41) is 8.96. The molecule has 2 aromatic rings. The van der Waals surface area contributed by atoms with Crippen molar-refractivity contribution >= 4 is 42.2 Å². The van der Waals surface area contributed by atoms with E-state index in [2.05, 4.69) is 34.2 Å². The van der Waals surface area contributed by atoms with Crippen LogP contribution < -0.4 is 5.73 Å². The smallest absolute Gasteiger partial charge is 0.410 e. The fraction of sp³-hybridized carbons (Fsp3) is 0.750. The molecule has 0 bridgehead atoms. The second kappa shape index (κ2) is 15.0. The highest BCUT2D eigenvalue weighted by atomic mass is 32.1. The highest BCUT2D eigenvalue weighted by Crippen LogP contribution is 2.41. The van der Waals surface area contributed by atoms with Gasteiger partial charge in [0.15, 0.2) is 10.7 Å². The van der Waals surface area contributed by atoms with Crippen molar-refractivity contribution in [1.29, 1.82) is 0 Å². The van der Waals surface area contributed by atoms with Gasteiger partial charge in [-0.25, -0.2) is 9.78 Å². The van der Waals surface area contributed by atoms with Crippen molar-refractivity contribution in [2.75, 3.05) is 33.0 Å². The summed E-state index contributed by atoms with van der Waals surface area (Å²) in [5.41, 5.74) is 4.80. The van der Waals surface area contributed by atoms with Crippen molar-refractivity contribution in [3.63, 3.8) is 0 Å². The van der Waals surface area contributed by atoms with Crippen molar-refractivity contribution < 1.29 is 28.6 Å². The number of ether oxygens (including phenoxy) is 3. The molecule has 4 rings (SSSR count). The Morgan fingerprint density at radius 2 is 1.87 bits per heavy atom. The van der Waals surface area contributed by atoms with Crippen molar-refractivity contribution in [2.45, 2.75) is 115 Å². The number of hydrogen-bond acceptors (Lipinski definition) is 12. The molecule has 2 fully saturated rings. The van der Waals surface area contributed by atoms with E-state index in [-0.39, 0.29) is 17.6 Å². The highest BCUT2D eigenvalue weighted by molar-refractivity contribution is 7.18. The fourth-order valence-electron chi connectivity index (χ4n) is 7.21. The maximum atomic E-state index is 13.6. The number of likely N-dealkylation sites (N-methyl/N-ethyl adjacent to an activating group) is 1. The largest absolute Gasteiger partial charge is 0.458 e. The zero-order chi connectivity index (χ0) is 34.7. The number of amides is 1. The predicted molar refractivity (Wildman–Crippen MR) is 183 cm³/mol. The molecule has 0 aromatic carbocycles. The van der Waals surface area contributed by atoms with Crippen LogP contribution in [0.15, 0.2) is 12.4 Å². The molecule has 0 unspecified atom stereocenters. The number of thiazole rings is 1. The minimum atomic E-state index is -1.13. The molecule has 8 atom stereocenters. The summed E-state index contributed by atoms with van der Waals surface area (Å²) in [7, 11) is 5.76. The first-order chi connectivity index (χ1) is 22.2. The Morgan fingerprint density at radius 3 is 2.51 bits per heavy atom. The molecule has 4 heterocycles. The number of ketones is 1. The van der Waals surface area contributed by atoms with Crippen molar-refractivity contribution in [1.82, 2.24) is 29.8 Å². The molecule has 0 saturated carbocycles. The number of esters is 1. The number of carbonyl (C=O) groups is 3. The number of anilines is 1. The maximum Gasteiger partial charge on any atom is 0.410 e. The number of aryl methyl sites for hydroxylation is 1. The summed E-state index contributed by atoms with van der Waals surface area (Å²) < 4.78 is 20.1. The molecule has 2 saturated heterocycles. The first kappa shape index (κ1) is 36.8. The summed E-state index contributed by atoms with van der Waals surface area (Å²) in [4.78, 5) is 49.7. The summed E-state index contributed by atoms with van der Waals surface area (Å²) in [6.45, 7) is 13.2. The summed E-state index contributed by atoms with van der Waals surface area (Å²) >= 11 is 1.36. The summed E-state index contributed by atoms with van der Waals surface area (Å²) in [5.74, 6) is -2.27. The number of carbonyl (C=O) groups excluding carboxylic acids is 3. The number of fused-ring (bicyclic) bond motifs is 1. The molecular weight excluding hydrogens is 621 g/mol. The normalized spacial score (nSPS) is 33.2. The fourth-order valence-corrected chi connectivity index (χ4v) is 7.85. The van der Waals surface area contributed by atoms with Gasteiger partial charge in [0.25, 0.3) is 0 Å². The Balaban J connectivity index is 1.55. The van der Waals surface area contributed by atoms with Gasteiger partial charge < -0.3 is 24.8 Å². The lowest BCUT2D eigenvalue weighted by Gasteiger charge is -2.43. The van der Waals surface area contributed by atoms with E-state index in [1.54, 1.807) is 29.8 Å². The van der Waals surface area contributed by atoms with Crippen LogP contribution in [0, 0.1) is 11.8 Å². The van der Waals surface area contributed by atoms with Gasteiger partial charge in [-0.3, -0.25) is 19.2 Å². The lowest BCUT2D eigenvalue weighted by atomic mass is 9.63. The van der Waals surface area contributed by atoms with E-state index in [1.165, 1.54) is 11.3 Å². The monoisotopic (exact) mass is 673 g/mol. The van der Waals surface area contributed by atoms with Crippen LogP contribution in [0.5, 0.6) is 0 Å². The molecule has 2 aliphatic rings. The van der Waals surface area contributed by atoms with Gasteiger partial charge in [0.05, 0.1) is 22.7 Å². The number of Topliss-reactive ketones (excluding diaryl/α,β-unsaturated/α-hetero) is 1. The SMILES string of the molecule is B[C@@H]1[C@@H](C)C(=O)[C@@H](C)C(=O)O[C@H](CC)[C@@]2(C)OC(=O)N(CCCCn3cc(-c4cnc(N)s4)nn3)[C@@H]2[C@H](C)N(C)CCC[C@@]1(C)OC. The van der Waals surface area contributed by atoms with Crippen molar-refractivity contribution in [3.8, 4) is 10.6 Å². The Morgan fingerprint density at radius 1 is 1.17 bits per heavy atom. The van der Waals surface area contributed by atoms with Crippen LogP contribution in [0.3, 0.4) is 0 Å². The number of rotatable bonds is 8. The zero-order valence-electron chi connectivity index (χ0n) is 29.4. The molecule has 2 N–H and O–H groups in total. The van der Waals surface area contributed by atoms with Gasteiger partial charge in [-0.15, -0.1) is 5.10 Å². The molecule has 260 valence electrons. The first-order valence-corrected chi connectivity index (χ1v) is 17.6. The standard InChI is InChI=1S/C32H52BN7O6S/c1-9-24-32(6)27(40(30(43)46-32)16-11-10-15-39-18-22(36-37-39)23-17-35-29(34)47-23)21(4)38(7)14-12-13-31(5,44-8)26(33)19(2)25(41)20(3)28(42)45-24/h17-21,24,26-27H,9-16,33H2,1-8H3,(H2,34,35)/t19-,20+,21-,24+,26+,27+,31+,32+/m0/s1. The van der Waals surface area contributed by atoms with Gasteiger partial charge >= 0.3 is 12.1 Å². The Labute approximate surface area is 283 Å². The van der Waals surface area contributed by atoms with E-state index in [1.807, 2.05) is 41.7 Å². The number of nitrogens with zero attached hydrogens (tertiary/aromatic N) is 6. The van der Waals surface area contributed by atoms with E-state index in [4.69, 9.17) is 19.9 Å². The van der Waals surface area contributed by atoms with E-state index < -0.39 is 47.2 Å². The molecule has 1 amide bonds. The third-order valence-corrected chi connectivity index (χ3v) is 11.7. The lowest BCUT2D eigenvalue weighted by molar-refractivity contribution is -0.171. The first-order valence-electron chi connectivity index (χ1n) is 16.8. The number of hydrogen-bond donors (Lipinski definition) is 1. The number of nitrogen functional groups attached to an aromatic ring is 1. The third-order valence-electron chi connectivity index (χ3n) is 10.8. The van der Waals surface area contributed by atoms with Crippen molar-refractivity contribution in [3.05, 3.63) is 12.4 Å². The predicted octanol–water partition coefficient (Wildman–Crippen LogP) is 3.45. The Bertz CT molecular complexity index is 1410. The van der Waals surface area contributed by atoms with Crippen LogP contribution in [0.4, 0.5) is 9.93 Å². The van der Waals surface area contributed by atoms with E-state index in [0.717, 1.165) is 36.4 Å². The summed E-state index contributed by atoms with van der Waals surface area (Å²) in [6.07, 6.45) is 5.81. The third kappa shape index (κ3) is 7.67. The van der Waals surface area contributed by atoms with Gasteiger partial charge in [0, 0.05) is 38.4 Å².